The number of aliphatic hydroxyl groups excluding tert-OH is 1. The number of pyridine rings is 1. The Kier molecular flexibility index (Phi) is 6.93. The van der Waals surface area contributed by atoms with E-state index < -0.39 is 18.2 Å². The number of amides is 1. The van der Waals surface area contributed by atoms with Gasteiger partial charge in [0, 0.05) is 36.6 Å². The van der Waals surface area contributed by atoms with Crippen molar-refractivity contribution >= 4 is 34.2 Å². The molecular weight excluding hydrogens is 431 g/mol. The summed E-state index contributed by atoms with van der Waals surface area (Å²) in [7, 11) is 0. The molecule has 1 amide bonds. The van der Waals surface area contributed by atoms with Crippen LogP contribution >= 0.6 is 0 Å². The fourth-order valence-electron chi connectivity index (χ4n) is 3.16. The van der Waals surface area contributed by atoms with E-state index in [1.54, 1.807) is 29.6 Å². The van der Waals surface area contributed by atoms with Gasteiger partial charge >= 0.3 is 12.1 Å². The molecule has 170 valence electrons. The first-order valence-corrected chi connectivity index (χ1v) is 9.57. The standard InChI is InChI=1S/C18H19N5O2.C2HF3O2/c24-14-2-1-7-23(11-14)18(25)15-10-19-6-5-17(15)21-13-3-4-16-12(8-13)9-20-22-16;3-2(4,5)1(6)7/h3-6,8-10,14,24H,1-2,7,11H2,(H,19,21)(H,20,22);(H,6,7). The first-order valence-electron chi connectivity index (χ1n) is 9.57. The molecule has 0 aliphatic carbocycles. The number of carboxylic acid groups (broad SMARTS) is 1. The van der Waals surface area contributed by atoms with Gasteiger partial charge in [0.15, 0.2) is 0 Å². The predicted molar refractivity (Wildman–Crippen MR) is 108 cm³/mol. The molecule has 1 saturated heterocycles. The van der Waals surface area contributed by atoms with Crippen molar-refractivity contribution in [1.82, 2.24) is 20.1 Å². The van der Waals surface area contributed by atoms with Gasteiger partial charge in [-0.3, -0.25) is 14.9 Å². The lowest BCUT2D eigenvalue weighted by atomic mass is 10.1. The number of hydrogen-bond donors (Lipinski definition) is 4. The van der Waals surface area contributed by atoms with Crippen molar-refractivity contribution in [1.29, 1.82) is 0 Å². The maximum absolute atomic E-state index is 12.8. The smallest absolute Gasteiger partial charge is 0.475 e. The summed E-state index contributed by atoms with van der Waals surface area (Å²) in [4.78, 5) is 27.5. The second kappa shape index (κ2) is 9.64. The molecule has 1 aromatic carbocycles. The van der Waals surface area contributed by atoms with Crippen LogP contribution in [0, 0.1) is 0 Å². The fourth-order valence-corrected chi connectivity index (χ4v) is 3.16. The quantitative estimate of drug-likeness (QED) is 0.481. The van der Waals surface area contributed by atoms with Gasteiger partial charge in [0.25, 0.3) is 5.91 Å². The number of carbonyl (C=O) groups excluding carboxylic acids is 1. The summed E-state index contributed by atoms with van der Waals surface area (Å²) in [5, 5.41) is 28.2. The molecule has 3 heterocycles. The van der Waals surface area contributed by atoms with Gasteiger partial charge < -0.3 is 20.4 Å². The second-order valence-electron chi connectivity index (χ2n) is 7.07. The summed E-state index contributed by atoms with van der Waals surface area (Å²) < 4.78 is 31.7. The van der Waals surface area contributed by atoms with E-state index in [1.807, 2.05) is 18.2 Å². The van der Waals surface area contributed by atoms with Gasteiger partial charge in [0.2, 0.25) is 0 Å². The molecule has 3 aromatic rings. The van der Waals surface area contributed by atoms with Crippen LogP contribution in [0.2, 0.25) is 0 Å². The highest BCUT2D eigenvalue weighted by Crippen LogP contribution is 2.25. The summed E-state index contributed by atoms with van der Waals surface area (Å²) in [5.41, 5.74) is 3.03. The Labute approximate surface area is 179 Å². The third-order valence-electron chi connectivity index (χ3n) is 4.70. The van der Waals surface area contributed by atoms with Gasteiger partial charge in [0.05, 0.1) is 29.1 Å². The molecular formula is C20H20F3N5O4. The third kappa shape index (κ3) is 5.72. The second-order valence-corrected chi connectivity index (χ2v) is 7.07. The Morgan fingerprint density at radius 1 is 1.22 bits per heavy atom. The predicted octanol–water partition coefficient (Wildman–Crippen LogP) is 2.93. The number of piperidine rings is 1. The molecule has 32 heavy (non-hydrogen) atoms. The van der Waals surface area contributed by atoms with Gasteiger partial charge in [-0.05, 0) is 37.1 Å². The zero-order valence-electron chi connectivity index (χ0n) is 16.6. The summed E-state index contributed by atoms with van der Waals surface area (Å²) in [6.07, 6.45) is 1.01. The van der Waals surface area contributed by atoms with Crippen LogP contribution in [0.1, 0.15) is 23.2 Å². The number of halogens is 3. The Bertz CT molecular complexity index is 1100. The van der Waals surface area contributed by atoms with E-state index in [0.29, 0.717) is 24.3 Å². The van der Waals surface area contributed by atoms with Gasteiger partial charge in [0.1, 0.15) is 0 Å². The Hall–Kier alpha value is -3.67. The number of nitrogens with zero attached hydrogens (tertiary/aromatic N) is 3. The van der Waals surface area contributed by atoms with E-state index in [1.165, 1.54) is 0 Å². The molecule has 4 rings (SSSR count). The van der Waals surface area contributed by atoms with Gasteiger partial charge in [-0.15, -0.1) is 0 Å². The summed E-state index contributed by atoms with van der Waals surface area (Å²) in [5.74, 6) is -2.87. The average Bonchev–Trinajstić information content (AvgIpc) is 3.21. The molecule has 4 N–H and O–H groups in total. The molecule has 1 aliphatic rings. The molecule has 0 radical (unpaired) electrons. The van der Waals surface area contributed by atoms with Crippen LogP contribution in [0.25, 0.3) is 10.9 Å². The minimum absolute atomic E-state index is 0.112. The number of carboxylic acids is 1. The number of alkyl halides is 3. The van der Waals surface area contributed by atoms with Crippen molar-refractivity contribution in [2.75, 3.05) is 18.4 Å². The molecule has 2 aromatic heterocycles. The number of hydrogen-bond acceptors (Lipinski definition) is 6. The van der Waals surface area contributed by atoms with Crippen molar-refractivity contribution < 1.29 is 33.0 Å². The Morgan fingerprint density at radius 2 is 1.97 bits per heavy atom. The number of fused-ring (bicyclic) bond motifs is 1. The number of carbonyl (C=O) groups is 2. The number of anilines is 2. The molecule has 0 bridgehead atoms. The SMILES string of the molecule is O=C(O)C(F)(F)F.O=C(c1cnccc1Nc1ccc2[nH]ncc2c1)N1CCCC(O)C1. The molecule has 0 spiro atoms. The molecule has 0 saturated carbocycles. The Balaban J connectivity index is 0.000000360. The number of likely N-dealkylation sites (tertiary alicyclic amines) is 1. The molecule has 12 heteroatoms. The van der Waals surface area contributed by atoms with Crippen molar-refractivity contribution in [3.8, 4) is 0 Å². The lowest BCUT2D eigenvalue weighted by Crippen LogP contribution is -2.42. The number of H-pyrrole nitrogens is 1. The molecule has 1 atom stereocenters. The van der Waals surface area contributed by atoms with E-state index >= 15 is 0 Å². The highest BCUT2D eigenvalue weighted by Gasteiger charge is 2.38. The first kappa shape index (κ1) is 23.0. The molecule has 1 unspecified atom stereocenters. The molecule has 9 nitrogen and oxygen atoms in total. The fraction of sp³-hybridized carbons (Fsp3) is 0.300. The van der Waals surface area contributed by atoms with Crippen LogP contribution in [0.5, 0.6) is 0 Å². The summed E-state index contributed by atoms with van der Waals surface area (Å²) >= 11 is 0. The molecule has 1 fully saturated rings. The average molecular weight is 451 g/mol. The number of nitrogens with one attached hydrogen (secondary N) is 2. The summed E-state index contributed by atoms with van der Waals surface area (Å²) in [6.45, 7) is 1.03. The third-order valence-corrected chi connectivity index (χ3v) is 4.70. The van der Waals surface area contributed by atoms with Crippen molar-refractivity contribution in [2.45, 2.75) is 25.1 Å². The zero-order chi connectivity index (χ0) is 23.3. The van der Waals surface area contributed by atoms with E-state index in [4.69, 9.17) is 9.90 Å². The largest absolute Gasteiger partial charge is 0.490 e. The monoisotopic (exact) mass is 451 g/mol. The number of β-amino-alcohol motifs (C(OH)–C–C–N with tert-alkyl or cyclic N) is 1. The number of rotatable bonds is 3. The number of aromatic amines is 1. The minimum Gasteiger partial charge on any atom is -0.475 e. The first-order chi connectivity index (χ1) is 15.1. The maximum atomic E-state index is 12.8. The van der Waals surface area contributed by atoms with Crippen LogP contribution in [-0.4, -0.2) is 67.5 Å². The number of aliphatic carboxylic acids is 1. The van der Waals surface area contributed by atoms with Gasteiger partial charge in [-0.1, -0.05) is 0 Å². The molecule has 1 aliphatic heterocycles. The van der Waals surface area contributed by atoms with Crippen LogP contribution in [-0.2, 0) is 4.79 Å². The lowest BCUT2D eigenvalue weighted by molar-refractivity contribution is -0.192. The van der Waals surface area contributed by atoms with Crippen molar-refractivity contribution in [3.05, 3.63) is 48.4 Å². The van der Waals surface area contributed by atoms with Gasteiger partial charge in [-0.2, -0.15) is 18.3 Å². The minimum atomic E-state index is -5.08. The highest BCUT2D eigenvalue weighted by molar-refractivity contribution is 6.00. The lowest BCUT2D eigenvalue weighted by Gasteiger charge is -2.30. The van der Waals surface area contributed by atoms with Crippen LogP contribution in [0.3, 0.4) is 0 Å². The van der Waals surface area contributed by atoms with E-state index in [0.717, 1.165) is 29.4 Å². The van der Waals surface area contributed by atoms with E-state index in [-0.39, 0.29) is 5.91 Å². The van der Waals surface area contributed by atoms with E-state index in [9.17, 15) is 23.1 Å². The highest BCUT2D eigenvalue weighted by atomic mass is 19.4. The van der Waals surface area contributed by atoms with E-state index in [2.05, 4.69) is 20.5 Å². The van der Waals surface area contributed by atoms with Crippen LogP contribution < -0.4 is 5.32 Å². The van der Waals surface area contributed by atoms with Crippen molar-refractivity contribution in [3.63, 3.8) is 0 Å². The summed E-state index contributed by atoms with van der Waals surface area (Å²) in [6, 6.07) is 7.62. The van der Waals surface area contributed by atoms with Gasteiger partial charge in [-0.25, -0.2) is 4.79 Å². The number of aliphatic hydroxyl groups is 1. The topological polar surface area (TPSA) is 131 Å². The zero-order valence-corrected chi connectivity index (χ0v) is 16.6. The number of aromatic nitrogens is 3. The van der Waals surface area contributed by atoms with Crippen LogP contribution in [0.15, 0.2) is 42.9 Å². The Morgan fingerprint density at radius 3 is 2.66 bits per heavy atom. The van der Waals surface area contributed by atoms with Crippen molar-refractivity contribution in [2.24, 2.45) is 0 Å². The maximum Gasteiger partial charge on any atom is 0.490 e. The normalized spacial score (nSPS) is 16.2. The van der Waals surface area contributed by atoms with Crippen LogP contribution in [0.4, 0.5) is 24.5 Å². The number of benzene rings is 1.